The van der Waals surface area contributed by atoms with E-state index in [1.54, 1.807) is 0 Å². The summed E-state index contributed by atoms with van der Waals surface area (Å²) in [7, 11) is 0. The van der Waals surface area contributed by atoms with Crippen LogP contribution in [0.15, 0.2) is 48.5 Å². The first-order valence-electron chi connectivity index (χ1n) is 24.6. The van der Waals surface area contributed by atoms with Gasteiger partial charge in [-0.3, -0.25) is 33.6 Å². The Hall–Kier alpha value is -5.99. The molecule has 0 aliphatic carbocycles. The van der Waals surface area contributed by atoms with Crippen molar-refractivity contribution in [3.05, 3.63) is 59.7 Å². The van der Waals surface area contributed by atoms with Crippen LogP contribution in [0, 0.1) is 5.92 Å². The van der Waals surface area contributed by atoms with Gasteiger partial charge in [0, 0.05) is 37.4 Å². The maximum atomic E-state index is 14.4. The lowest BCUT2D eigenvalue weighted by molar-refractivity contribution is -0.148. The predicted molar refractivity (Wildman–Crippen MR) is 256 cm³/mol. The smallest absolute Gasteiger partial charge is 0.251 e. The standard InChI is InChI=1S/C49H71N7O17/c1-5-6-7-8-9-10-19-73-31-17-13-28(14-18-31)42(65)50-32-21-34(61)45(68)54-47(70)38-39(62)24(2)22-56(38)49(72)36(26(4)58)52-46(69)37(41(64)40(63)27-11-15-29(59)16-12-27)53-44(67)33-20-30(60)23-55(33)48(71)35(25(3)57)51-43(32)66/h11-18,24-26,30,32-41,45,57-64,68H,5-10,19-23H2,1-4H3,(H,50,65)(H,51,66)(H,52,69)(H,53,67)(H,54,70)/t24-,25+,26+,30+,32?,33-,34+,35-,36-,37-,38-,39-,40-,41-,45+/m0/s1. The third kappa shape index (κ3) is 14.8. The topological polar surface area (TPSA) is 377 Å². The summed E-state index contributed by atoms with van der Waals surface area (Å²) >= 11 is 0. The average molecular weight is 1030 g/mol. The zero-order valence-electron chi connectivity index (χ0n) is 41.2. The van der Waals surface area contributed by atoms with Crippen molar-refractivity contribution in [2.75, 3.05) is 19.7 Å². The number of hydrogen-bond donors (Lipinski definition) is 14. The van der Waals surface area contributed by atoms with E-state index < -0.39 is 152 Å². The van der Waals surface area contributed by atoms with Crippen molar-refractivity contribution >= 4 is 41.4 Å². The molecule has 15 atom stereocenters. The molecule has 0 saturated carbocycles. The molecule has 3 aliphatic rings. The summed E-state index contributed by atoms with van der Waals surface area (Å²) in [6.45, 7) is 5.28. The van der Waals surface area contributed by atoms with Gasteiger partial charge < -0.3 is 87.1 Å². The summed E-state index contributed by atoms with van der Waals surface area (Å²) in [5.74, 6) is -8.94. The van der Waals surface area contributed by atoms with E-state index in [0.29, 0.717) is 12.4 Å². The van der Waals surface area contributed by atoms with Gasteiger partial charge in [-0.2, -0.15) is 0 Å². The van der Waals surface area contributed by atoms with Gasteiger partial charge in [-0.25, -0.2) is 0 Å². The molecule has 5 rings (SSSR count). The molecule has 7 amide bonds. The number of hydrogen-bond acceptors (Lipinski definition) is 17. The summed E-state index contributed by atoms with van der Waals surface area (Å²) in [6.07, 6.45) is -10.4. The fourth-order valence-corrected chi connectivity index (χ4v) is 9.04. The van der Waals surface area contributed by atoms with E-state index >= 15 is 0 Å². The van der Waals surface area contributed by atoms with Gasteiger partial charge in [-0.05, 0) is 62.2 Å². The monoisotopic (exact) mass is 1030 g/mol. The lowest BCUT2D eigenvalue weighted by atomic mass is 9.96. The number of unbranched alkanes of at least 4 members (excludes halogenated alkanes) is 5. The Morgan fingerprint density at radius 3 is 1.89 bits per heavy atom. The van der Waals surface area contributed by atoms with Gasteiger partial charge in [0.25, 0.3) is 5.91 Å². The Kier molecular flexibility index (Phi) is 20.9. The van der Waals surface area contributed by atoms with Crippen LogP contribution in [-0.4, -0.2) is 196 Å². The van der Waals surface area contributed by atoms with E-state index in [1.807, 2.05) is 0 Å². The second kappa shape index (κ2) is 26.3. The number of fused-ring (bicyclic) bond motifs is 2. The molecule has 3 saturated heterocycles. The molecule has 0 aromatic heterocycles. The maximum Gasteiger partial charge on any atom is 0.251 e. The number of nitrogens with one attached hydrogen (secondary N) is 5. The molecule has 3 aliphatic heterocycles. The molecule has 3 fully saturated rings. The molecule has 2 aromatic carbocycles. The Bertz CT molecular complexity index is 2220. The molecule has 0 spiro atoms. The molecule has 3 heterocycles. The molecule has 0 radical (unpaired) electrons. The van der Waals surface area contributed by atoms with Crippen molar-refractivity contribution in [2.24, 2.45) is 5.92 Å². The molecule has 24 heteroatoms. The molecule has 14 N–H and O–H groups in total. The predicted octanol–water partition coefficient (Wildman–Crippen LogP) is -3.09. The van der Waals surface area contributed by atoms with Gasteiger partial charge in [-0.1, -0.05) is 58.1 Å². The van der Waals surface area contributed by atoms with Crippen molar-refractivity contribution in [2.45, 2.75) is 164 Å². The van der Waals surface area contributed by atoms with Crippen molar-refractivity contribution in [3.63, 3.8) is 0 Å². The van der Waals surface area contributed by atoms with Gasteiger partial charge in [0.15, 0.2) is 6.23 Å². The number of amides is 7. The molecular weight excluding hydrogens is 959 g/mol. The summed E-state index contributed by atoms with van der Waals surface area (Å²) in [5, 5.41) is 110. The third-order valence-corrected chi connectivity index (χ3v) is 13.4. The fourth-order valence-electron chi connectivity index (χ4n) is 9.04. The van der Waals surface area contributed by atoms with Gasteiger partial charge in [0.05, 0.1) is 31.0 Å². The summed E-state index contributed by atoms with van der Waals surface area (Å²) in [5.41, 5.74) is -0.0659. The number of aromatic hydroxyl groups is 1. The van der Waals surface area contributed by atoms with E-state index in [1.165, 1.54) is 43.3 Å². The molecule has 73 heavy (non-hydrogen) atoms. The first-order valence-corrected chi connectivity index (χ1v) is 24.6. The lowest BCUT2D eigenvalue weighted by Crippen LogP contribution is -2.64. The zero-order chi connectivity index (χ0) is 53.8. The van der Waals surface area contributed by atoms with Crippen LogP contribution in [0.3, 0.4) is 0 Å². The van der Waals surface area contributed by atoms with Crippen LogP contribution < -0.4 is 31.3 Å². The summed E-state index contributed by atoms with van der Waals surface area (Å²) in [4.78, 5) is 101. The Morgan fingerprint density at radius 1 is 0.699 bits per heavy atom. The number of carbonyl (C=O) groups is 7. The number of phenols is 1. The minimum Gasteiger partial charge on any atom is -0.508 e. The Balaban J connectivity index is 1.51. The van der Waals surface area contributed by atoms with E-state index in [9.17, 15) is 79.5 Å². The van der Waals surface area contributed by atoms with Crippen LogP contribution in [0.25, 0.3) is 0 Å². The summed E-state index contributed by atoms with van der Waals surface area (Å²) in [6, 6.07) is -1.02. The van der Waals surface area contributed by atoms with Crippen LogP contribution in [0.4, 0.5) is 0 Å². The van der Waals surface area contributed by atoms with Crippen LogP contribution in [-0.2, 0) is 28.8 Å². The minimum absolute atomic E-state index is 0.00468. The van der Waals surface area contributed by atoms with E-state index in [-0.39, 0.29) is 23.4 Å². The highest BCUT2D eigenvalue weighted by Gasteiger charge is 2.50. The van der Waals surface area contributed by atoms with Gasteiger partial charge in [0.1, 0.15) is 66.1 Å². The first kappa shape index (κ1) is 57.9. The second-order valence-corrected chi connectivity index (χ2v) is 19.2. The number of aliphatic hydroxyl groups is 8. The Morgan fingerprint density at radius 2 is 1.27 bits per heavy atom. The minimum atomic E-state index is -2.28. The average Bonchev–Trinajstić information content (AvgIpc) is 3.90. The number of rotatable bonds is 15. The number of nitrogens with zero attached hydrogens (tertiary/aromatic N) is 2. The number of ether oxygens (including phenoxy) is 1. The van der Waals surface area contributed by atoms with E-state index in [0.717, 1.165) is 74.3 Å². The van der Waals surface area contributed by atoms with E-state index in [4.69, 9.17) is 4.74 Å². The van der Waals surface area contributed by atoms with Crippen LogP contribution in [0.5, 0.6) is 11.5 Å². The van der Waals surface area contributed by atoms with Gasteiger partial charge in [-0.15, -0.1) is 0 Å². The highest BCUT2D eigenvalue weighted by Crippen LogP contribution is 2.28. The first-order chi connectivity index (χ1) is 34.5. The second-order valence-electron chi connectivity index (χ2n) is 19.2. The fraction of sp³-hybridized carbons (Fsp3) is 0.612. The maximum absolute atomic E-state index is 14.4. The number of benzene rings is 2. The normalized spacial score (nSPS) is 29.6. The van der Waals surface area contributed by atoms with Gasteiger partial charge in [0.2, 0.25) is 35.4 Å². The number of aliphatic hydroxyl groups excluding tert-OH is 8. The summed E-state index contributed by atoms with van der Waals surface area (Å²) < 4.78 is 5.81. The van der Waals surface area contributed by atoms with Crippen LogP contribution in [0.1, 0.15) is 101 Å². The highest BCUT2D eigenvalue weighted by atomic mass is 16.5. The van der Waals surface area contributed by atoms with Crippen LogP contribution in [0.2, 0.25) is 0 Å². The van der Waals surface area contributed by atoms with Crippen molar-refractivity contribution in [1.29, 1.82) is 0 Å². The molecule has 24 nitrogen and oxygen atoms in total. The SMILES string of the molecule is CCCCCCCCOc1ccc(C(=O)NC2C[C@@H](O)[C@@H](O)NC(=O)[C@@H]3[C@@H](O)[C@@H](C)CN3C(=O)[C@H]([C@@H](C)O)NC(=O)[C@H]([C@H](O)[C@@H](O)c3ccc(O)cc3)NC(=O)[C@@H]3C[C@@H](O)CN3C(=O)[C@H]([C@@H](C)O)NC2=O)cc1. The molecule has 0 bridgehead atoms. The number of carbonyl (C=O) groups excluding carboxylic acids is 7. The van der Waals surface area contributed by atoms with Crippen LogP contribution >= 0.6 is 0 Å². The van der Waals surface area contributed by atoms with Crippen molar-refractivity contribution in [3.8, 4) is 11.5 Å². The van der Waals surface area contributed by atoms with E-state index in [2.05, 4.69) is 33.5 Å². The van der Waals surface area contributed by atoms with Crippen molar-refractivity contribution in [1.82, 2.24) is 36.4 Å². The third-order valence-electron chi connectivity index (χ3n) is 13.4. The quantitative estimate of drug-likeness (QED) is 0.0786. The van der Waals surface area contributed by atoms with Gasteiger partial charge >= 0.3 is 0 Å². The highest BCUT2D eigenvalue weighted by molar-refractivity contribution is 6.00. The molecule has 1 unspecified atom stereocenters. The largest absolute Gasteiger partial charge is 0.508 e. The molecular formula is C49H71N7O17. The molecule has 404 valence electrons. The number of phenolic OH excluding ortho intramolecular Hbond substituents is 1. The lowest BCUT2D eigenvalue weighted by Gasteiger charge is -2.34. The Labute approximate surface area is 422 Å². The van der Waals surface area contributed by atoms with Crippen molar-refractivity contribution < 1.29 is 84.3 Å². The zero-order valence-corrected chi connectivity index (χ0v) is 41.2. The molecule has 2 aromatic rings.